The summed E-state index contributed by atoms with van der Waals surface area (Å²) in [6.07, 6.45) is 6.96. The van der Waals surface area contributed by atoms with Crippen molar-refractivity contribution in [2.75, 3.05) is 52.9 Å². The zero-order chi connectivity index (χ0) is 18.7. The predicted molar refractivity (Wildman–Crippen MR) is 110 cm³/mol. The average Bonchev–Trinajstić information content (AvgIpc) is 3.22. The van der Waals surface area contributed by atoms with Crippen LogP contribution in [-0.4, -0.2) is 73.5 Å². The van der Waals surface area contributed by atoms with Crippen molar-refractivity contribution in [3.8, 4) is 0 Å². The van der Waals surface area contributed by atoms with Crippen molar-refractivity contribution < 1.29 is 4.79 Å². The van der Waals surface area contributed by atoms with Gasteiger partial charge in [0.25, 0.3) is 0 Å². The molecule has 1 amide bonds. The molecule has 1 atom stereocenters. The van der Waals surface area contributed by atoms with Crippen LogP contribution in [0.3, 0.4) is 0 Å². The van der Waals surface area contributed by atoms with Crippen LogP contribution >= 0.6 is 0 Å². The summed E-state index contributed by atoms with van der Waals surface area (Å²) in [4.78, 5) is 19.5. The van der Waals surface area contributed by atoms with Gasteiger partial charge < -0.3 is 14.7 Å². The number of piperidine rings is 2. The van der Waals surface area contributed by atoms with Crippen LogP contribution in [0.4, 0.5) is 0 Å². The Morgan fingerprint density at radius 2 is 1.78 bits per heavy atom. The average molecular weight is 370 g/mol. The van der Waals surface area contributed by atoms with Crippen molar-refractivity contribution in [2.45, 2.75) is 44.4 Å². The number of amides is 1. The first-order chi connectivity index (χ1) is 13.1. The van der Waals surface area contributed by atoms with Crippen LogP contribution in [0.15, 0.2) is 30.3 Å². The Labute approximate surface area is 164 Å². The van der Waals surface area contributed by atoms with E-state index in [-0.39, 0.29) is 0 Å². The molecule has 1 aromatic rings. The fraction of sp³-hybridized carbons (Fsp3) is 0.696. The van der Waals surface area contributed by atoms with Gasteiger partial charge in [-0.05, 0) is 69.1 Å². The van der Waals surface area contributed by atoms with Gasteiger partial charge in [-0.3, -0.25) is 4.79 Å². The molecule has 0 unspecified atom stereocenters. The summed E-state index contributed by atoms with van der Waals surface area (Å²) in [5.41, 5.74) is 1.96. The molecule has 148 valence electrons. The number of carbonyl (C=O) groups is 1. The predicted octanol–water partition coefficient (Wildman–Crippen LogP) is 3.20. The molecule has 4 heteroatoms. The van der Waals surface area contributed by atoms with Crippen molar-refractivity contribution in [1.82, 2.24) is 14.7 Å². The van der Waals surface area contributed by atoms with Crippen molar-refractivity contribution in [3.63, 3.8) is 0 Å². The fourth-order valence-corrected chi connectivity index (χ4v) is 5.61. The Kier molecular flexibility index (Phi) is 5.84. The summed E-state index contributed by atoms with van der Waals surface area (Å²) in [5, 5.41) is 0. The van der Waals surface area contributed by atoms with E-state index in [0.717, 1.165) is 32.7 Å². The molecule has 0 bridgehead atoms. The Bertz CT molecular complexity index is 618. The molecular formula is C23H35N3O. The minimum atomic E-state index is 0.370. The highest BCUT2D eigenvalue weighted by Crippen LogP contribution is 2.44. The molecule has 4 rings (SSSR count). The number of rotatable bonds is 4. The highest BCUT2D eigenvalue weighted by atomic mass is 16.2. The van der Waals surface area contributed by atoms with E-state index < -0.39 is 0 Å². The van der Waals surface area contributed by atoms with E-state index >= 15 is 0 Å². The standard InChI is InChI=1S/C23H35N3O/c1-24-18-21(20-7-3-2-4-8-20)17-23(19-24)10-15-25(16-11-23)14-9-22(27)26-12-5-6-13-26/h2-4,7-8,21H,5-6,9-19H2,1H3/t21-/m0/s1. The number of likely N-dealkylation sites (N-methyl/N-ethyl adjacent to an activating group) is 1. The normalized spacial score (nSPS) is 26.6. The number of carbonyl (C=O) groups excluding carboxylic acids is 1. The van der Waals surface area contributed by atoms with E-state index in [9.17, 15) is 4.79 Å². The maximum atomic E-state index is 12.3. The van der Waals surface area contributed by atoms with E-state index in [2.05, 4.69) is 52.1 Å². The van der Waals surface area contributed by atoms with E-state index in [1.54, 1.807) is 0 Å². The molecule has 0 saturated carbocycles. The van der Waals surface area contributed by atoms with Gasteiger partial charge in [0.2, 0.25) is 5.91 Å². The van der Waals surface area contributed by atoms with Crippen molar-refractivity contribution in [2.24, 2.45) is 5.41 Å². The molecular weight excluding hydrogens is 334 g/mol. The van der Waals surface area contributed by atoms with Crippen molar-refractivity contribution >= 4 is 5.91 Å². The molecule has 3 aliphatic rings. The number of nitrogens with zero attached hydrogens (tertiary/aromatic N) is 3. The molecule has 3 saturated heterocycles. The number of hydrogen-bond acceptors (Lipinski definition) is 3. The first kappa shape index (κ1) is 18.9. The van der Waals surface area contributed by atoms with Gasteiger partial charge in [0.1, 0.15) is 0 Å². The lowest BCUT2D eigenvalue weighted by molar-refractivity contribution is -0.130. The van der Waals surface area contributed by atoms with Crippen LogP contribution in [-0.2, 0) is 4.79 Å². The zero-order valence-corrected chi connectivity index (χ0v) is 16.9. The summed E-state index contributed by atoms with van der Waals surface area (Å²) in [6.45, 7) is 7.63. The number of hydrogen-bond donors (Lipinski definition) is 0. The Morgan fingerprint density at radius 3 is 2.48 bits per heavy atom. The SMILES string of the molecule is CN1C[C@@H](c2ccccc2)CC2(CCN(CCC(=O)N3CCCC3)CC2)C1. The third-order valence-corrected chi connectivity index (χ3v) is 7.11. The van der Waals surface area contributed by atoms with Gasteiger partial charge in [0, 0.05) is 39.1 Å². The van der Waals surface area contributed by atoms with Gasteiger partial charge in [-0.25, -0.2) is 0 Å². The molecule has 27 heavy (non-hydrogen) atoms. The molecule has 0 aliphatic carbocycles. The van der Waals surface area contributed by atoms with Crippen LogP contribution in [0.1, 0.15) is 50.0 Å². The maximum absolute atomic E-state index is 12.3. The van der Waals surface area contributed by atoms with Gasteiger partial charge in [-0.1, -0.05) is 30.3 Å². The molecule has 4 nitrogen and oxygen atoms in total. The minimum Gasteiger partial charge on any atom is -0.343 e. The van der Waals surface area contributed by atoms with E-state index in [0.29, 0.717) is 23.7 Å². The van der Waals surface area contributed by atoms with Crippen LogP contribution in [0.5, 0.6) is 0 Å². The Balaban J connectivity index is 1.30. The summed E-state index contributed by atoms with van der Waals surface area (Å²) in [7, 11) is 2.29. The highest BCUT2D eigenvalue weighted by Gasteiger charge is 2.41. The van der Waals surface area contributed by atoms with Gasteiger partial charge in [-0.2, -0.15) is 0 Å². The minimum absolute atomic E-state index is 0.370. The Morgan fingerprint density at radius 1 is 1.07 bits per heavy atom. The topological polar surface area (TPSA) is 26.8 Å². The van der Waals surface area contributed by atoms with Crippen LogP contribution in [0.2, 0.25) is 0 Å². The molecule has 3 aliphatic heterocycles. The van der Waals surface area contributed by atoms with Crippen LogP contribution < -0.4 is 0 Å². The summed E-state index contributed by atoms with van der Waals surface area (Å²) >= 11 is 0. The van der Waals surface area contributed by atoms with Crippen molar-refractivity contribution in [3.05, 3.63) is 35.9 Å². The number of benzene rings is 1. The maximum Gasteiger partial charge on any atom is 0.223 e. The lowest BCUT2D eigenvalue weighted by Gasteiger charge is -2.49. The largest absolute Gasteiger partial charge is 0.343 e. The fourth-order valence-electron chi connectivity index (χ4n) is 5.61. The second-order valence-corrected chi connectivity index (χ2v) is 9.19. The molecule has 3 heterocycles. The quantitative estimate of drug-likeness (QED) is 0.815. The van der Waals surface area contributed by atoms with Crippen LogP contribution in [0, 0.1) is 5.41 Å². The number of likely N-dealkylation sites (tertiary alicyclic amines) is 3. The van der Waals surface area contributed by atoms with Gasteiger partial charge in [-0.15, -0.1) is 0 Å². The molecule has 1 aromatic carbocycles. The summed E-state index contributed by atoms with van der Waals surface area (Å²) < 4.78 is 0. The molecule has 1 spiro atoms. The second-order valence-electron chi connectivity index (χ2n) is 9.19. The Hall–Kier alpha value is -1.39. The van der Waals surface area contributed by atoms with Gasteiger partial charge >= 0.3 is 0 Å². The first-order valence-corrected chi connectivity index (χ1v) is 10.9. The summed E-state index contributed by atoms with van der Waals surface area (Å²) in [6, 6.07) is 11.1. The zero-order valence-electron chi connectivity index (χ0n) is 16.9. The highest BCUT2D eigenvalue weighted by molar-refractivity contribution is 5.76. The first-order valence-electron chi connectivity index (χ1n) is 10.9. The lowest BCUT2D eigenvalue weighted by Crippen LogP contribution is -2.50. The van der Waals surface area contributed by atoms with E-state index in [1.807, 2.05) is 0 Å². The summed E-state index contributed by atoms with van der Waals surface area (Å²) in [5.74, 6) is 1.03. The van der Waals surface area contributed by atoms with E-state index in [1.165, 1.54) is 50.8 Å². The van der Waals surface area contributed by atoms with Crippen LogP contribution in [0.25, 0.3) is 0 Å². The monoisotopic (exact) mass is 369 g/mol. The third kappa shape index (κ3) is 4.55. The van der Waals surface area contributed by atoms with Gasteiger partial charge in [0.05, 0.1) is 0 Å². The molecule has 0 N–H and O–H groups in total. The van der Waals surface area contributed by atoms with E-state index in [4.69, 9.17) is 0 Å². The lowest BCUT2D eigenvalue weighted by atomic mass is 9.68. The molecule has 0 aromatic heterocycles. The molecule has 3 fully saturated rings. The molecule has 0 radical (unpaired) electrons. The second kappa shape index (κ2) is 8.32. The van der Waals surface area contributed by atoms with Crippen molar-refractivity contribution in [1.29, 1.82) is 0 Å². The third-order valence-electron chi connectivity index (χ3n) is 7.11. The smallest absolute Gasteiger partial charge is 0.223 e. The van der Waals surface area contributed by atoms with Gasteiger partial charge in [0.15, 0.2) is 0 Å².